The highest BCUT2D eigenvalue weighted by Crippen LogP contribution is 2.39. The molecule has 0 saturated carbocycles. The predicted octanol–water partition coefficient (Wildman–Crippen LogP) is 2.39. The summed E-state index contributed by atoms with van der Waals surface area (Å²) in [6.07, 6.45) is -0.363. The third-order valence-electron chi connectivity index (χ3n) is 3.16. The van der Waals surface area contributed by atoms with Crippen LogP contribution >= 0.6 is 11.8 Å². The lowest BCUT2D eigenvalue weighted by atomic mass is 10.0. The number of hydrogen-bond donors (Lipinski definition) is 1. The normalized spacial score (nSPS) is 17.2. The van der Waals surface area contributed by atoms with Gasteiger partial charge in [0.2, 0.25) is 5.91 Å². The molecule has 5 heteroatoms. The fourth-order valence-corrected chi connectivity index (χ4v) is 3.45. The van der Waals surface area contributed by atoms with Gasteiger partial charge in [0.15, 0.2) is 6.29 Å². The molecule has 1 atom stereocenters. The molecule has 2 rings (SSSR count). The van der Waals surface area contributed by atoms with Crippen molar-refractivity contribution < 1.29 is 14.3 Å². The number of fused-ring (bicyclic) bond motifs is 1. The molecule has 0 bridgehead atoms. The van der Waals surface area contributed by atoms with Gasteiger partial charge in [-0.05, 0) is 25.5 Å². The molecule has 1 amide bonds. The summed E-state index contributed by atoms with van der Waals surface area (Å²) in [6.45, 7) is 5.37. The molecule has 1 aliphatic rings. The Morgan fingerprint density at radius 2 is 2.05 bits per heavy atom. The van der Waals surface area contributed by atoms with Crippen LogP contribution in [0.15, 0.2) is 29.2 Å². The molecule has 1 N–H and O–H groups in total. The largest absolute Gasteiger partial charge is 0.351 e. The number of rotatable bonds is 7. The van der Waals surface area contributed by atoms with E-state index in [-0.39, 0.29) is 18.1 Å². The van der Waals surface area contributed by atoms with E-state index in [1.807, 2.05) is 32.0 Å². The van der Waals surface area contributed by atoms with E-state index in [4.69, 9.17) is 9.47 Å². The summed E-state index contributed by atoms with van der Waals surface area (Å²) in [7, 11) is 0. The van der Waals surface area contributed by atoms with Crippen LogP contribution in [0.5, 0.6) is 0 Å². The number of carbonyl (C=O) groups excluding carboxylic acids is 1. The molecule has 1 aromatic carbocycles. The second kappa shape index (κ2) is 7.67. The summed E-state index contributed by atoms with van der Waals surface area (Å²) in [4.78, 5) is 13.5. The van der Waals surface area contributed by atoms with Crippen LogP contribution in [0.3, 0.4) is 0 Å². The van der Waals surface area contributed by atoms with Crippen molar-refractivity contribution in [2.24, 2.45) is 0 Å². The average molecular weight is 295 g/mol. The molecule has 1 aromatic rings. The highest BCUT2D eigenvalue weighted by Gasteiger charge is 2.29. The van der Waals surface area contributed by atoms with E-state index in [0.717, 1.165) is 11.3 Å². The highest BCUT2D eigenvalue weighted by atomic mass is 32.2. The van der Waals surface area contributed by atoms with Gasteiger partial charge in [-0.25, -0.2) is 0 Å². The molecular formula is C15H21NO3S. The van der Waals surface area contributed by atoms with Crippen molar-refractivity contribution in [2.45, 2.75) is 31.0 Å². The van der Waals surface area contributed by atoms with Crippen molar-refractivity contribution in [2.75, 3.05) is 25.5 Å². The van der Waals surface area contributed by atoms with Crippen molar-refractivity contribution in [1.82, 2.24) is 5.32 Å². The third-order valence-corrected chi connectivity index (χ3v) is 4.35. The third kappa shape index (κ3) is 3.75. The van der Waals surface area contributed by atoms with E-state index >= 15 is 0 Å². The predicted molar refractivity (Wildman–Crippen MR) is 80.0 cm³/mol. The zero-order valence-corrected chi connectivity index (χ0v) is 12.7. The molecule has 4 nitrogen and oxygen atoms in total. The zero-order chi connectivity index (χ0) is 14.4. The number of amides is 1. The van der Waals surface area contributed by atoms with E-state index < -0.39 is 0 Å². The first-order valence-corrected chi connectivity index (χ1v) is 7.97. The van der Waals surface area contributed by atoms with Crippen LogP contribution in [0, 0.1) is 0 Å². The van der Waals surface area contributed by atoms with Gasteiger partial charge in [-0.15, -0.1) is 11.8 Å². The van der Waals surface area contributed by atoms with Gasteiger partial charge >= 0.3 is 0 Å². The number of benzene rings is 1. The average Bonchev–Trinajstić information content (AvgIpc) is 2.89. The lowest BCUT2D eigenvalue weighted by Crippen LogP contribution is -2.38. The molecule has 0 spiro atoms. The van der Waals surface area contributed by atoms with Crippen LogP contribution in [-0.2, 0) is 14.3 Å². The van der Waals surface area contributed by atoms with Crippen molar-refractivity contribution in [3.8, 4) is 0 Å². The van der Waals surface area contributed by atoms with E-state index in [1.54, 1.807) is 11.8 Å². The summed E-state index contributed by atoms with van der Waals surface area (Å²) in [5.41, 5.74) is 1.12. The smallest absolute Gasteiger partial charge is 0.228 e. The monoisotopic (exact) mass is 295 g/mol. The van der Waals surface area contributed by atoms with E-state index in [2.05, 4.69) is 11.4 Å². The second-order valence-electron chi connectivity index (χ2n) is 4.49. The maximum absolute atomic E-state index is 12.3. The first-order chi connectivity index (χ1) is 9.76. The number of hydrogen-bond acceptors (Lipinski definition) is 4. The van der Waals surface area contributed by atoms with Gasteiger partial charge in [-0.3, -0.25) is 4.79 Å². The Bertz CT molecular complexity index is 446. The molecule has 0 fully saturated rings. The van der Waals surface area contributed by atoms with Crippen LogP contribution in [0.1, 0.15) is 25.3 Å². The molecule has 1 aliphatic heterocycles. The second-order valence-corrected chi connectivity index (χ2v) is 5.55. The molecule has 1 unspecified atom stereocenters. The Morgan fingerprint density at radius 1 is 1.35 bits per heavy atom. The molecule has 20 heavy (non-hydrogen) atoms. The molecule has 1 heterocycles. The number of thioether (sulfide) groups is 1. The van der Waals surface area contributed by atoms with Gasteiger partial charge in [-0.2, -0.15) is 0 Å². The first kappa shape index (κ1) is 15.4. The van der Waals surface area contributed by atoms with Crippen LogP contribution in [-0.4, -0.2) is 37.7 Å². The molecule has 0 radical (unpaired) electrons. The molecular weight excluding hydrogens is 274 g/mol. The van der Waals surface area contributed by atoms with E-state index in [1.165, 1.54) is 4.90 Å². The van der Waals surface area contributed by atoms with Crippen LogP contribution in [0.4, 0.5) is 0 Å². The molecule has 0 aromatic heterocycles. The van der Waals surface area contributed by atoms with Gasteiger partial charge in [0.1, 0.15) is 0 Å². The Kier molecular flexibility index (Phi) is 5.88. The van der Waals surface area contributed by atoms with Gasteiger partial charge in [0.25, 0.3) is 0 Å². The minimum absolute atomic E-state index is 0.0480. The first-order valence-electron chi connectivity index (χ1n) is 6.98. The topological polar surface area (TPSA) is 47.6 Å². The summed E-state index contributed by atoms with van der Waals surface area (Å²) < 4.78 is 10.8. The van der Waals surface area contributed by atoms with E-state index in [9.17, 15) is 4.79 Å². The van der Waals surface area contributed by atoms with Crippen molar-refractivity contribution in [3.63, 3.8) is 0 Å². The number of ether oxygens (including phenoxy) is 2. The zero-order valence-electron chi connectivity index (χ0n) is 11.9. The molecule has 110 valence electrons. The molecule has 0 aliphatic carbocycles. The van der Waals surface area contributed by atoms with Crippen molar-refractivity contribution in [1.29, 1.82) is 0 Å². The Balaban J connectivity index is 1.89. The summed E-state index contributed by atoms with van der Waals surface area (Å²) >= 11 is 1.74. The van der Waals surface area contributed by atoms with Gasteiger partial charge in [0, 0.05) is 23.9 Å². The Morgan fingerprint density at radius 3 is 2.75 bits per heavy atom. The standard InChI is InChI=1S/C15H21NO3S/c1-3-18-14(19-4-2)9-16-15(17)12-10-20-13-8-6-5-7-11(12)13/h5-8,12,14H,3-4,9-10H2,1-2H3,(H,16,17). The minimum atomic E-state index is -0.363. The maximum atomic E-state index is 12.3. The Labute approximate surface area is 124 Å². The van der Waals surface area contributed by atoms with Crippen molar-refractivity contribution >= 4 is 17.7 Å². The van der Waals surface area contributed by atoms with Crippen LogP contribution in [0.2, 0.25) is 0 Å². The fourth-order valence-electron chi connectivity index (χ4n) is 2.22. The van der Waals surface area contributed by atoms with Gasteiger partial charge in [-0.1, -0.05) is 18.2 Å². The van der Waals surface area contributed by atoms with Crippen LogP contribution < -0.4 is 5.32 Å². The maximum Gasteiger partial charge on any atom is 0.228 e. The highest BCUT2D eigenvalue weighted by molar-refractivity contribution is 7.99. The lowest BCUT2D eigenvalue weighted by Gasteiger charge is -2.19. The fraction of sp³-hybridized carbons (Fsp3) is 0.533. The summed E-state index contributed by atoms with van der Waals surface area (Å²) in [6, 6.07) is 8.08. The summed E-state index contributed by atoms with van der Waals surface area (Å²) in [5.74, 6) is 0.783. The van der Waals surface area contributed by atoms with Gasteiger partial charge < -0.3 is 14.8 Å². The lowest BCUT2D eigenvalue weighted by molar-refractivity contribution is -0.140. The minimum Gasteiger partial charge on any atom is -0.351 e. The quantitative estimate of drug-likeness (QED) is 0.785. The summed E-state index contributed by atoms with van der Waals surface area (Å²) in [5, 5.41) is 2.93. The molecule has 0 saturated heterocycles. The van der Waals surface area contributed by atoms with E-state index in [0.29, 0.717) is 19.8 Å². The number of nitrogens with one attached hydrogen (secondary N) is 1. The van der Waals surface area contributed by atoms with Gasteiger partial charge in [0.05, 0.1) is 12.5 Å². The Hall–Kier alpha value is -1.04. The van der Waals surface area contributed by atoms with Crippen LogP contribution in [0.25, 0.3) is 0 Å². The van der Waals surface area contributed by atoms with Crippen molar-refractivity contribution in [3.05, 3.63) is 29.8 Å². The SMILES string of the molecule is CCOC(CNC(=O)C1CSc2ccccc21)OCC. The number of carbonyl (C=O) groups is 1.